The van der Waals surface area contributed by atoms with Crippen molar-refractivity contribution in [1.82, 2.24) is 10.3 Å². The topological polar surface area (TPSA) is 118 Å². The molecule has 0 saturated carbocycles. The van der Waals surface area contributed by atoms with E-state index in [1.54, 1.807) is 24.3 Å². The Morgan fingerprint density at radius 3 is 2.73 bits per heavy atom. The lowest BCUT2D eigenvalue weighted by Crippen LogP contribution is -2.25. The number of nitrogens with one attached hydrogen (secondary N) is 1. The fourth-order valence-electron chi connectivity index (χ4n) is 2.36. The third kappa shape index (κ3) is 3.59. The van der Waals surface area contributed by atoms with Gasteiger partial charge in [0.2, 0.25) is 11.8 Å². The van der Waals surface area contributed by atoms with E-state index in [2.05, 4.69) is 10.4 Å². The lowest BCUT2D eigenvalue weighted by Gasteiger charge is -2.16. The molecule has 1 aliphatic rings. The number of furan rings is 1. The molecule has 1 atom stereocenters. The van der Waals surface area contributed by atoms with Gasteiger partial charge in [-0.2, -0.15) is 0 Å². The first-order valence-corrected chi connectivity index (χ1v) is 8.40. The molecule has 0 saturated heterocycles. The highest BCUT2D eigenvalue weighted by molar-refractivity contribution is 8.14. The van der Waals surface area contributed by atoms with E-state index in [-0.39, 0.29) is 17.5 Å². The van der Waals surface area contributed by atoms with Crippen LogP contribution in [0.1, 0.15) is 25.0 Å². The first-order chi connectivity index (χ1) is 12.3. The Hall–Kier alpha value is -3.14. The minimum atomic E-state index is -0.568. The van der Waals surface area contributed by atoms with Crippen LogP contribution in [0.25, 0.3) is 11.3 Å². The molecule has 3 rings (SSSR count). The maximum atomic E-state index is 11.8. The van der Waals surface area contributed by atoms with Crippen LogP contribution >= 0.6 is 11.8 Å². The van der Waals surface area contributed by atoms with Gasteiger partial charge < -0.3 is 9.73 Å². The molecule has 0 bridgehead atoms. The van der Waals surface area contributed by atoms with Crippen molar-refractivity contribution in [3.05, 3.63) is 52.3 Å². The second-order valence-corrected chi connectivity index (χ2v) is 6.50. The van der Waals surface area contributed by atoms with Crippen LogP contribution in [0.2, 0.25) is 0 Å². The Kier molecular flexibility index (Phi) is 4.76. The van der Waals surface area contributed by atoms with E-state index < -0.39 is 10.3 Å². The lowest BCUT2D eigenvalue weighted by atomic mass is 10.1. The van der Waals surface area contributed by atoms with E-state index in [0.29, 0.717) is 22.3 Å². The maximum absolute atomic E-state index is 11.8. The summed E-state index contributed by atoms with van der Waals surface area (Å²) in [4.78, 5) is 33.5. The van der Waals surface area contributed by atoms with Gasteiger partial charge in [0, 0.05) is 31.5 Å². The van der Waals surface area contributed by atoms with E-state index >= 15 is 0 Å². The molecule has 1 aliphatic heterocycles. The SMILES string of the molecule is CC(=O)NC1=NN(C(C)=O)[C@@H](c2ccc(-c3cccc([N+](=O)[O-])c3)o2)S1. The molecule has 134 valence electrons. The minimum absolute atomic E-state index is 0.0441. The van der Waals surface area contributed by atoms with Gasteiger partial charge in [-0.25, -0.2) is 5.01 Å². The fraction of sp³-hybridized carbons (Fsp3) is 0.188. The van der Waals surface area contributed by atoms with Crippen molar-refractivity contribution >= 4 is 34.4 Å². The number of carbonyl (C=O) groups excluding carboxylic acids is 2. The first-order valence-electron chi connectivity index (χ1n) is 7.52. The Morgan fingerprint density at radius 1 is 1.31 bits per heavy atom. The zero-order chi connectivity index (χ0) is 18.8. The molecule has 2 heterocycles. The number of thioether (sulfide) groups is 1. The van der Waals surface area contributed by atoms with Crippen molar-refractivity contribution in [2.75, 3.05) is 0 Å². The lowest BCUT2D eigenvalue weighted by molar-refractivity contribution is -0.384. The molecule has 0 radical (unpaired) electrons. The number of non-ortho nitro benzene ring substituents is 1. The minimum Gasteiger partial charge on any atom is -0.458 e. The summed E-state index contributed by atoms with van der Waals surface area (Å²) in [5, 5.41) is 18.5. The van der Waals surface area contributed by atoms with Gasteiger partial charge in [-0.05, 0) is 12.1 Å². The molecule has 10 heteroatoms. The quantitative estimate of drug-likeness (QED) is 0.652. The third-order valence-corrected chi connectivity index (χ3v) is 4.52. The molecule has 2 amide bonds. The molecule has 1 N–H and O–H groups in total. The molecular formula is C16H14N4O5S. The van der Waals surface area contributed by atoms with Gasteiger partial charge in [0.15, 0.2) is 10.5 Å². The van der Waals surface area contributed by atoms with Crippen LogP contribution in [0.15, 0.2) is 45.9 Å². The molecule has 1 aromatic heterocycles. The van der Waals surface area contributed by atoms with Gasteiger partial charge in [-0.1, -0.05) is 23.9 Å². The van der Waals surface area contributed by atoms with Crippen molar-refractivity contribution in [3.8, 4) is 11.3 Å². The van der Waals surface area contributed by atoms with Crippen LogP contribution in [0.3, 0.4) is 0 Å². The number of nitrogens with zero attached hydrogens (tertiary/aromatic N) is 3. The molecule has 1 aromatic carbocycles. The van der Waals surface area contributed by atoms with Gasteiger partial charge >= 0.3 is 0 Å². The second-order valence-electron chi connectivity index (χ2n) is 5.43. The molecule has 2 aromatic rings. The summed E-state index contributed by atoms with van der Waals surface area (Å²) in [6.45, 7) is 2.71. The number of carbonyl (C=O) groups is 2. The van der Waals surface area contributed by atoms with Gasteiger partial charge in [0.25, 0.3) is 5.69 Å². The summed E-state index contributed by atoms with van der Waals surface area (Å²) >= 11 is 1.17. The summed E-state index contributed by atoms with van der Waals surface area (Å²) in [5.41, 5.74) is 0.503. The molecule has 9 nitrogen and oxygen atoms in total. The maximum Gasteiger partial charge on any atom is 0.270 e. The van der Waals surface area contributed by atoms with Gasteiger partial charge in [0.05, 0.1) is 4.92 Å². The average molecular weight is 374 g/mol. The Balaban J connectivity index is 1.87. The van der Waals surface area contributed by atoms with E-state index in [1.165, 1.54) is 42.8 Å². The Labute approximate surface area is 152 Å². The monoisotopic (exact) mass is 374 g/mol. The normalized spacial score (nSPS) is 16.3. The number of hydrogen-bond donors (Lipinski definition) is 1. The van der Waals surface area contributed by atoms with Crippen LogP contribution in [0.4, 0.5) is 5.69 Å². The highest BCUT2D eigenvalue weighted by Crippen LogP contribution is 2.40. The molecule has 0 aliphatic carbocycles. The third-order valence-electron chi connectivity index (χ3n) is 3.46. The number of amides is 2. The van der Waals surface area contributed by atoms with E-state index in [1.807, 2.05) is 0 Å². The summed E-state index contributed by atoms with van der Waals surface area (Å²) in [5.74, 6) is 0.268. The van der Waals surface area contributed by atoms with Crippen molar-refractivity contribution in [1.29, 1.82) is 0 Å². The molecule has 0 fully saturated rings. The average Bonchev–Trinajstić information content (AvgIpc) is 3.21. The second kappa shape index (κ2) is 7.00. The number of hydrogen-bond acceptors (Lipinski definition) is 7. The van der Waals surface area contributed by atoms with Crippen LogP contribution in [0, 0.1) is 10.1 Å². The summed E-state index contributed by atoms with van der Waals surface area (Å²) in [6, 6.07) is 9.41. The van der Waals surface area contributed by atoms with E-state index in [9.17, 15) is 19.7 Å². The fourth-order valence-corrected chi connectivity index (χ4v) is 3.45. The van der Waals surface area contributed by atoms with Crippen molar-refractivity contribution in [2.45, 2.75) is 19.2 Å². The van der Waals surface area contributed by atoms with Crippen LogP contribution in [0.5, 0.6) is 0 Å². The number of amidine groups is 1. The van der Waals surface area contributed by atoms with Crippen molar-refractivity contribution in [2.24, 2.45) is 5.10 Å². The molecule has 26 heavy (non-hydrogen) atoms. The van der Waals surface area contributed by atoms with Gasteiger partial charge in [-0.3, -0.25) is 19.7 Å². The largest absolute Gasteiger partial charge is 0.458 e. The van der Waals surface area contributed by atoms with E-state index in [4.69, 9.17) is 4.42 Å². The Morgan fingerprint density at radius 2 is 2.08 bits per heavy atom. The van der Waals surface area contributed by atoms with E-state index in [0.717, 1.165) is 0 Å². The van der Waals surface area contributed by atoms with Crippen molar-refractivity contribution in [3.63, 3.8) is 0 Å². The molecule has 0 spiro atoms. The first kappa shape index (κ1) is 17.7. The predicted molar refractivity (Wildman–Crippen MR) is 94.9 cm³/mol. The zero-order valence-electron chi connectivity index (χ0n) is 13.8. The smallest absolute Gasteiger partial charge is 0.270 e. The summed E-state index contributed by atoms with van der Waals surface area (Å²) < 4.78 is 5.80. The van der Waals surface area contributed by atoms with Gasteiger partial charge in [0.1, 0.15) is 11.5 Å². The zero-order valence-corrected chi connectivity index (χ0v) is 14.6. The summed E-state index contributed by atoms with van der Waals surface area (Å²) in [7, 11) is 0. The molecule has 0 unspecified atom stereocenters. The number of benzene rings is 1. The Bertz CT molecular complexity index is 923. The van der Waals surface area contributed by atoms with Crippen molar-refractivity contribution < 1.29 is 18.9 Å². The number of hydrazone groups is 1. The highest BCUT2D eigenvalue weighted by Gasteiger charge is 2.34. The molecular weight excluding hydrogens is 360 g/mol. The number of nitro benzene ring substituents is 1. The highest BCUT2D eigenvalue weighted by atomic mass is 32.2. The van der Waals surface area contributed by atoms with Crippen LogP contribution in [-0.4, -0.2) is 26.9 Å². The number of nitro groups is 1. The van der Waals surface area contributed by atoms with Gasteiger partial charge in [-0.15, -0.1) is 5.10 Å². The number of rotatable bonds is 3. The predicted octanol–water partition coefficient (Wildman–Crippen LogP) is 2.86. The summed E-state index contributed by atoms with van der Waals surface area (Å²) in [6.07, 6.45) is 0. The van der Waals surface area contributed by atoms with Crippen LogP contribution in [-0.2, 0) is 9.59 Å². The van der Waals surface area contributed by atoms with Crippen LogP contribution < -0.4 is 5.32 Å². The standard InChI is InChI=1S/C16H14N4O5S/c1-9(21)17-16-18-19(10(2)22)15(26-16)14-7-6-13(25-14)11-4-3-5-12(8-11)20(23)24/h3-8,15H,1-2H3,(H,17,18,21)/t15-/m1/s1.